The molecule has 0 saturated heterocycles. The monoisotopic (exact) mass is 463 g/mol. The summed E-state index contributed by atoms with van der Waals surface area (Å²) in [6, 6.07) is 19.6. The molecule has 1 heterocycles. The Morgan fingerprint density at radius 1 is 0.909 bits per heavy atom. The summed E-state index contributed by atoms with van der Waals surface area (Å²) < 4.78 is 32.2. The second-order valence-electron chi connectivity index (χ2n) is 8.73. The van der Waals surface area contributed by atoms with Crippen LogP contribution in [0.15, 0.2) is 76.4 Å². The normalized spacial score (nSPS) is 15.4. The summed E-state index contributed by atoms with van der Waals surface area (Å²) in [6.45, 7) is 3.70. The van der Waals surface area contributed by atoms with Gasteiger partial charge in [0.25, 0.3) is 5.56 Å². The van der Waals surface area contributed by atoms with Gasteiger partial charge >= 0.3 is 10.1 Å². The third-order valence-electron chi connectivity index (χ3n) is 6.10. The number of hydrogen-bond donors (Lipinski definition) is 0. The Hall–Kier alpha value is -3.12. The van der Waals surface area contributed by atoms with Crippen molar-refractivity contribution in [3.8, 4) is 0 Å². The molecule has 0 radical (unpaired) electrons. The Morgan fingerprint density at radius 3 is 2.24 bits per heavy atom. The van der Waals surface area contributed by atoms with Crippen molar-refractivity contribution in [2.45, 2.75) is 50.8 Å². The number of benzene rings is 2. The molecule has 0 atom stereocenters. The van der Waals surface area contributed by atoms with E-state index in [1.54, 1.807) is 18.2 Å². The molecule has 33 heavy (non-hydrogen) atoms. The van der Waals surface area contributed by atoms with E-state index in [1.807, 2.05) is 38.1 Å². The highest BCUT2D eigenvalue weighted by Gasteiger charge is 2.22. The first-order chi connectivity index (χ1) is 15.8. The van der Waals surface area contributed by atoms with Crippen LogP contribution >= 0.6 is 0 Å². The lowest BCUT2D eigenvalue weighted by molar-refractivity contribution is 0.264. The van der Waals surface area contributed by atoms with Gasteiger partial charge in [0.05, 0.1) is 5.69 Å². The van der Waals surface area contributed by atoms with Gasteiger partial charge in [0.15, 0.2) is 0 Å². The highest BCUT2D eigenvalue weighted by Crippen LogP contribution is 2.36. The van der Waals surface area contributed by atoms with E-state index in [4.69, 9.17) is 4.28 Å². The van der Waals surface area contributed by atoms with E-state index in [0.717, 1.165) is 52.7 Å². The number of aromatic nitrogens is 1. The van der Waals surface area contributed by atoms with Crippen LogP contribution in [0.3, 0.4) is 0 Å². The van der Waals surface area contributed by atoms with Crippen LogP contribution in [0.1, 0.15) is 54.5 Å². The van der Waals surface area contributed by atoms with Crippen LogP contribution in [-0.4, -0.2) is 13.1 Å². The van der Waals surface area contributed by atoms with Crippen molar-refractivity contribution in [2.24, 2.45) is 5.92 Å². The van der Waals surface area contributed by atoms with E-state index in [-0.39, 0.29) is 4.90 Å². The SMILES string of the molecule is Cc1ccc(S(=O)(=O)On2c(/C=C(/c3ccccc3)C3CCCCC3)cc(C)cc2=O)cc1. The predicted octanol–water partition coefficient (Wildman–Crippen LogP) is 5.40. The number of aryl methyl sites for hydroxylation is 2. The highest BCUT2D eigenvalue weighted by molar-refractivity contribution is 7.87. The molecule has 6 heteroatoms. The Morgan fingerprint density at radius 2 is 1.58 bits per heavy atom. The summed E-state index contributed by atoms with van der Waals surface area (Å²) in [7, 11) is -4.18. The average Bonchev–Trinajstić information content (AvgIpc) is 2.81. The van der Waals surface area contributed by atoms with Crippen molar-refractivity contribution in [1.82, 2.24) is 4.73 Å². The van der Waals surface area contributed by atoms with Crippen molar-refractivity contribution in [2.75, 3.05) is 0 Å². The molecule has 1 aromatic heterocycles. The van der Waals surface area contributed by atoms with Crippen LogP contribution in [0.25, 0.3) is 11.6 Å². The Bertz CT molecular complexity index is 1300. The van der Waals surface area contributed by atoms with Gasteiger partial charge in [-0.05, 0) is 73.6 Å². The van der Waals surface area contributed by atoms with E-state index >= 15 is 0 Å². The Kier molecular flexibility index (Phi) is 6.84. The van der Waals surface area contributed by atoms with Crippen molar-refractivity contribution in [3.05, 3.63) is 99.5 Å². The summed E-state index contributed by atoms with van der Waals surface area (Å²) in [4.78, 5) is 12.9. The van der Waals surface area contributed by atoms with Gasteiger partial charge < -0.3 is 0 Å². The molecule has 0 amide bonds. The summed E-state index contributed by atoms with van der Waals surface area (Å²) in [5.74, 6) is 0.346. The van der Waals surface area contributed by atoms with Crippen LogP contribution in [-0.2, 0) is 10.1 Å². The van der Waals surface area contributed by atoms with Crippen LogP contribution in [0, 0.1) is 19.8 Å². The predicted molar refractivity (Wildman–Crippen MR) is 131 cm³/mol. The first-order valence-corrected chi connectivity index (χ1v) is 12.8. The lowest BCUT2D eigenvalue weighted by Gasteiger charge is -2.25. The minimum absolute atomic E-state index is 0.00562. The molecule has 0 bridgehead atoms. The summed E-state index contributed by atoms with van der Waals surface area (Å²) >= 11 is 0. The van der Waals surface area contributed by atoms with Crippen LogP contribution in [0.5, 0.6) is 0 Å². The molecule has 0 unspecified atom stereocenters. The molecule has 1 saturated carbocycles. The minimum atomic E-state index is -4.18. The first-order valence-electron chi connectivity index (χ1n) is 11.4. The zero-order chi connectivity index (χ0) is 23.4. The number of allylic oxidation sites excluding steroid dienone is 1. The Balaban J connectivity index is 1.82. The van der Waals surface area contributed by atoms with Gasteiger partial charge in [-0.1, -0.05) is 67.3 Å². The zero-order valence-corrected chi connectivity index (χ0v) is 19.8. The third kappa shape index (κ3) is 5.45. The standard InChI is InChI=1S/C27H29NO4S/c1-20-13-15-25(16-14-20)33(30,31)32-28-24(17-21(2)18-27(28)29)19-26(22-9-5-3-6-10-22)23-11-7-4-8-12-23/h3,5-6,9-10,13-19,23H,4,7-8,11-12H2,1-2H3/b26-19-. The molecule has 0 N–H and O–H groups in total. The maximum atomic E-state index is 13.0. The number of pyridine rings is 1. The van der Waals surface area contributed by atoms with Crippen molar-refractivity contribution in [1.29, 1.82) is 0 Å². The van der Waals surface area contributed by atoms with Crippen molar-refractivity contribution < 1.29 is 12.7 Å². The first kappa shape index (κ1) is 23.1. The van der Waals surface area contributed by atoms with Crippen LogP contribution in [0.2, 0.25) is 0 Å². The molecule has 1 fully saturated rings. The molecule has 5 nitrogen and oxygen atoms in total. The Labute approximate surface area is 195 Å². The van der Waals surface area contributed by atoms with E-state index in [0.29, 0.717) is 11.6 Å². The molecule has 4 rings (SSSR count). The molecular weight excluding hydrogens is 434 g/mol. The van der Waals surface area contributed by atoms with Gasteiger partial charge in [-0.2, -0.15) is 8.42 Å². The maximum absolute atomic E-state index is 13.0. The smallest absolute Gasteiger partial charge is 0.280 e. The fourth-order valence-electron chi connectivity index (χ4n) is 4.38. The lowest BCUT2D eigenvalue weighted by atomic mass is 9.80. The molecule has 172 valence electrons. The number of hydrogen-bond acceptors (Lipinski definition) is 4. The van der Waals surface area contributed by atoms with Crippen LogP contribution < -0.4 is 9.84 Å². The van der Waals surface area contributed by atoms with Gasteiger partial charge in [-0.25, -0.2) is 0 Å². The summed E-state index contributed by atoms with van der Waals surface area (Å²) in [5, 5.41) is 0. The minimum Gasteiger partial charge on any atom is -0.280 e. The second-order valence-corrected chi connectivity index (χ2v) is 10.3. The fraction of sp³-hybridized carbons (Fsp3) is 0.296. The van der Waals surface area contributed by atoms with Gasteiger partial charge in [-0.15, -0.1) is 4.73 Å². The topological polar surface area (TPSA) is 65.4 Å². The molecule has 3 aromatic rings. The van der Waals surface area contributed by atoms with Crippen LogP contribution in [0.4, 0.5) is 0 Å². The summed E-state index contributed by atoms with van der Waals surface area (Å²) in [5.41, 5.74) is 3.75. The van der Waals surface area contributed by atoms with E-state index in [1.165, 1.54) is 24.6 Å². The second kappa shape index (κ2) is 9.79. The van der Waals surface area contributed by atoms with E-state index < -0.39 is 15.7 Å². The number of rotatable bonds is 6. The van der Waals surface area contributed by atoms with Crippen molar-refractivity contribution >= 4 is 21.8 Å². The van der Waals surface area contributed by atoms with Gasteiger partial charge in [0, 0.05) is 6.07 Å². The lowest BCUT2D eigenvalue weighted by Crippen LogP contribution is -2.32. The van der Waals surface area contributed by atoms with Crippen molar-refractivity contribution in [3.63, 3.8) is 0 Å². The fourth-order valence-corrected chi connectivity index (χ4v) is 5.29. The molecule has 0 aliphatic heterocycles. The molecule has 0 spiro atoms. The quantitative estimate of drug-likeness (QED) is 0.491. The largest absolute Gasteiger partial charge is 0.357 e. The van der Waals surface area contributed by atoms with E-state index in [2.05, 4.69) is 12.1 Å². The highest BCUT2D eigenvalue weighted by atomic mass is 32.2. The van der Waals surface area contributed by atoms with Gasteiger partial charge in [0.1, 0.15) is 4.90 Å². The third-order valence-corrected chi connectivity index (χ3v) is 7.29. The van der Waals surface area contributed by atoms with E-state index in [9.17, 15) is 13.2 Å². The number of nitrogens with zero attached hydrogens (tertiary/aromatic N) is 1. The molecule has 2 aromatic carbocycles. The molecular formula is C27H29NO4S. The maximum Gasteiger partial charge on any atom is 0.357 e. The van der Waals surface area contributed by atoms with Gasteiger partial charge in [0.2, 0.25) is 0 Å². The van der Waals surface area contributed by atoms with Gasteiger partial charge in [-0.3, -0.25) is 9.08 Å². The zero-order valence-electron chi connectivity index (χ0n) is 19.0. The average molecular weight is 464 g/mol. The molecule has 1 aliphatic carbocycles. The molecule has 1 aliphatic rings. The summed E-state index contributed by atoms with van der Waals surface area (Å²) in [6.07, 6.45) is 7.61.